The van der Waals surface area contributed by atoms with Crippen molar-refractivity contribution in [3.8, 4) is 0 Å². The quantitative estimate of drug-likeness (QED) is 0.815. The normalized spacial score (nSPS) is 13.5. The maximum Gasteiger partial charge on any atom is 0.0656 e. The Morgan fingerprint density at radius 2 is 2.40 bits per heavy atom. The van der Waals surface area contributed by atoms with Crippen LogP contribution in [0.4, 0.5) is 0 Å². The van der Waals surface area contributed by atoms with Crippen LogP contribution >= 0.6 is 33.9 Å². The molecule has 0 aliphatic carbocycles. The molecule has 1 nitrogen and oxygen atoms in total. The lowest BCUT2D eigenvalue weighted by molar-refractivity contribution is 0.746. The summed E-state index contributed by atoms with van der Waals surface area (Å²) in [5.41, 5.74) is 5.64. The summed E-state index contributed by atoms with van der Waals surface area (Å²) in [6.45, 7) is 2.03. The molecule has 10 heavy (non-hydrogen) atoms. The summed E-state index contributed by atoms with van der Waals surface area (Å²) in [6, 6.07) is 4.56. The lowest BCUT2D eigenvalue weighted by Gasteiger charge is -1.99. The Kier molecular flexibility index (Phi) is 3.13. The van der Waals surface area contributed by atoms with Crippen LogP contribution in [0.25, 0.3) is 0 Å². The number of hydrogen-bond acceptors (Lipinski definition) is 2. The Morgan fingerprint density at radius 1 is 1.70 bits per heavy atom. The van der Waals surface area contributed by atoms with Gasteiger partial charge in [-0.1, -0.05) is 0 Å². The van der Waals surface area contributed by atoms with Crippen molar-refractivity contribution in [2.45, 2.75) is 19.4 Å². The minimum atomic E-state index is 0.287. The lowest BCUT2D eigenvalue weighted by Crippen LogP contribution is -2.16. The van der Waals surface area contributed by atoms with Crippen LogP contribution in [0.15, 0.2) is 12.1 Å². The molecule has 0 saturated heterocycles. The van der Waals surface area contributed by atoms with Crippen LogP contribution < -0.4 is 5.73 Å². The summed E-state index contributed by atoms with van der Waals surface area (Å²) in [7, 11) is 0. The van der Waals surface area contributed by atoms with E-state index >= 15 is 0 Å². The summed E-state index contributed by atoms with van der Waals surface area (Å²) in [5, 5.41) is 0. The van der Waals surface area contributed by atoms with E-state index in [2.05, 4.69) is 34.7 Å². The van der Waals surface area contributed by atoms with Gasteiger partial charge in [0.05, 0.1) is 2.88 Å². The molecule has 1 rings (SSSR count). The van der Waals surface area contributed by atoms with Gasteiger partial charge in [-0.15, -0.1) is 11.3 Å². The highest BCUT2D eigenvalue weighted by molar-refractivity contribution is 14.1. The maximum absolute atomic E-state index is 5.64. The zero-order chi connectivity index (χ0) is 7.56. The molecule has 0 aliphatic heterocycles. The van der Waals surface area contributed by atoms with Crippen LogP contribution in [-0.4, -0.2) is 6.04 Å². The second-order valence-electron chi connectivity index (χ2n) is 2.39. The van der Waals surface area contributed by atoms with Crippen molar-refractivity contribution in [2.75, 3.05) is 0 Å². The fraction of sp³-hybridized carbons (Fsp3) is 0.429. The highest BCUT2D eigenvalue weighted by atomic mass is 125. The van der Waals surface area contributed by atoms with Gasteiger partial charge in [0.1, 0.15) is 0 Å². The Balaban J connectivity index is 2.58. The lowest BCUT2D eigenvalue weighted by atomic mass is 10.2. The molecule has 1 aromatic heterocycles. The summed E-state index contributed by atoms with van der Waals surface area (Å²) >= 11 is 4.15. The summed E-state index contributed by atoms with van der Waals surface area (Å²) < 4.78 is 1.34. The van der Waals surface area contributed by atoms with Crippen molar-refractivity contribution in [3.63, 3.8) is 0 Å². The van der Waals surface area contributed by atoms with E-state index in [1.807, 2.05) is 18.3 Å². The van der Waals surface area contributed by atoms with Crippen LogP contribution in [0, 0.1) is 2.88 Å². The Morgan fingerprint density at radius 3 is 2.80 bits per heavy atom. The van der Waals surface area contributed by atoms with Gasteiger partial charge in [0.15, 0.2) is 0 Å². The van der Waals surface area contributed by atoms with Gasteiger partial charge in [-0.25, -0.2) is 0 Å². The fourth-order valence-corrected chi connectivity index (χ4v) is 2.68. The minimum Gasteiger partial charge on any atom is -0.328 e. The van der Waals surface area contributed by atoms with Crippen LogP contribution in [0.2, 0.25) is 0 Å². The van der Waals surface area contributed by atoms with Crippen LogP contribution in [0.5, 0.6) is 0 Å². The molecule has 2 N–H and O–H groups in total. The van der Waals surface area contributed by atoms with E-state index in [1.165, 1.54) is 7.76 Å². The minimum absolute atomic E-state index is 0.287. The van der Waals surface area contributed by atoms with Crippen LogP contribution in [-0.2, 0) is 6.42 Å². The first kappa shape index (κ1) is 8.49. The standard InChI is InChI=1S/C7H10INS/c1-5(9)4-6-2-3-7(8)10-6/h2-3,5H,4,9H2,1H3/t5-/m0/s1/i8-2. The molecule has 56 valence electrons. The molecule has 0 aliphatic rings. The molecule has 0 bridgehead atoms. The van der Waals surface area contributed by atoms with Gasteiger partial charge in [0, 0.05) is 10.9 Å². The topological polar surface area (TPSA) is 26.0 Å². The van der Waals surface area contributed by atoms with E-state index in [0.29, 0.717) is 0 Å². The number of nitrogens with two attached hydrogens (primary N) is 1. The predicted molar refractivity (Wildman–Crippen MR) is 54.4 cm³/mol. The summed E-state index contributed by atoms with van der Waals surface area (Å²) in [4.78, 5) is 1.39. The largest absolute Gasteiger partial charge is 0.328 e. The van der Waals surface area contributed by atoms with Crippen LogP contribution in [0.1, 0.15) is 11.8 Å². The third kappa shape index (κ3) is 2.56. The van der Waals surface area contributed by atoms with Gasteiger partial charge in [0.25, 0.3) is 0 Å². The molecule has 0 radical (unpaired) electrons. The van der Waals surface area contributed by atoms with Crippen molar-refractivity contribution in [2.24, 2.45) is 5.73 Å². The summed E-state index contributed by atoms with van der Waals surface area (Å²) in [6.07, 6.45) is 1.01. The van der Waals surface area contributed by atoms with E-state index < -0.39 is 0 Å². The molecular formula is C7H10INS. The summed E-state index contributed by atoms with van der Waals surface area (Å²) in [5.74, 6) is 0. The Labute approximate surface area is 78.8 Å². The monoisotopic (exact) mass is 265 g/mol. The van der Waals surface area contributed by atoms with E-state index in [1.54, 1.807) is 0 Å². The Hall–Kier alpha value is 0.390. The van der Waals surface area contributed by atoms with Gasteiger partial charge >= 0.3 is 0 Å². The molecule has 0 aromatic carbocycles. The van der Waals surface area contributed by atoms with E-state index in [9.17, 15) is 0 Å². The molecule has 0 spiro atoms. The second kappa shape index (κ2) is 3.69. The SMILES string of the molecule is C[C@H](N)Cc1ccc([125I])s1. The van der Waals surface area contributed by atoms with Gasteiger partial charge < -0.3 is 5.73 Å². The average Bonchev–Trinajstić information content (AvgIpc) is 2.13. The highest BCUT2D eigenvalue weighted by Crippen LogP contribution is 2.18. The second-order valence-corrected chi connectivity index (χ2v) is 5.45. The molecule has 1 aromatic rings. The number of rotatable bonds is 2. The van der Waals surface area contributed by atoms with E-state index in [-0.39, 0.29) is 6.04 Å². The Bertz CT molecular complexity index is 207. The number of thiophene rings is 1. The van der Waals surface area contributed by atoms with Gasteiger partial charge in [-0.2, -0.15) is 0 Å². The molecule has 0 amide bonds. The molecule has 0 unspecified atom stereocenters. The van der Waals surface area contributed by atoms with Crippen molar-refractivity contribution < 1.29 is 0 Å². The molecule has 0 saturated carbocycles. The van der Waals surface area contributed by atoms with Crippen LogP contribution in [0.3, 0.4) is 0 Å². The average molecular weight is 265 g/mol. The van der Waals surface area contributed by atoms with Gasteiger partial charge in [-0.3, -0.25) is 0 Å². The first-order valence-corrected chi connectivity index (χ1v) is 5.08. The van der Waals surface area contributed by atoms with Crippen molar-refractivity contribution in [1.29, 1.82) is 0 Å². The maximum atomic E-state index is 5.64. The molecule has 0 fully saturated rings. The first-order chi connectivity index (χ1) is 4.68. The zero-order valence-electron chi connectivity index (χ0n) is 5.80. The van der Waals surface area contributed by atoms with Crippen molar-refractivity contribution in [3.05, 3.63) is 19.9 Å². The predicted octanol–water partition coefficient (Wildman–Crippen LogP) is 2.24. The van der Waals surface area contributed by atoms with E-state index in [0.717, 1.165) is 6.42 Å². The highest BCUT2D eigenvalue weighted by Gasteiger charge is 1.99. The smallest absolute Gasteiger partial charge is 0.0656 e. The van der Waals surface area contributed by atoms with Crippen molar-refractivity contribution in [1.82, 2.24) is 0 Å². The molecule has 3 heteroatoms. The number of hydrogen-bond donors (Lipinski definition) is 1. The van der Waals surface area contributed by atoms with Crippen molar-refractivity contribution >= 4 is 33.9 Å². The van der Waals surface area contributed by atoms with Gasteiger partial charge in [0.2, 0.25) is 0 Å². The zero-order valence-corrected chi connectivity index (χ0v) is 8.78. The first-order valence-electron chi connectivity index (χ1n) is 3.18. The van der Waals surface area contributed by atoms with Gasteiger partial charge in [-0.05, 0) is 48.1 Å². The third-order valence-corrected chi connectivity index (χ3v) is 3.07. The molecule has 1 atom stereocenters. The fourth-order valence-electron chi connectivity index (χ4n) is 0.779. The molecule has 1 heterocycles. The number of halogens is 1. The molecular weight excluding hydrogens is 255 g/mol. The third-order valence-electron chi connectivity index (χ3n) is 1.15. The van der Waals surface area contributed by atoms with E-state index in [4.69, 9.17) is 5.73 Å².